The molecular weight excluding hydrogens is 312 g/mol. The fourth-order valence-corrected chi connectivity index (χ4v) is 5.31. The molecule has 1 unspecified atom stereocenters. The first-order chi connectivity index (χ1) is 9.95. The Morgan fingerprint density at radius 3 is 2.67 bits per heavy atom. The van der Waals surface area contributed by atoms with E-state index in [4.69, 9.17) is 10.5 Å². The maximum absolute atomic E-state index is 12.7. The minimum absolute atomic E-state index is 0.0278. The van der Waals surface area contributed by atoms with Crippen LogP contribution in [0.1, 0.15) is 12.8 Å². The summed E-state index contributed by atoms with van der Waals surface area (Å²) in [5.41, 5.74) is 5.22. The fourth-order valence-electron chi connectivity index (χ4n) is 2.16. The van der Waals surface area contributed by atoms with Gasteiger partial charge in [-0.2, -0.15) is 4.31 Å². The van der Waals surface area contributed by atoms with Gasteiger partial charge in [-0.15, -0.1) is 11.8 Å². The molecule has 1 atom stereocenters. The molecule has 1 saturated heterocycles. The van der Waals surface area contributed by atoms with E-state index in [2.05, 4.69) is 0 Å². The average Bonchev–Trinajstić information content (AvgIpc) is 2.47. The maximum Gasteiger partial charge on any atom is 0.244 e. The van der Waals surface area contributed by atoms with Crippen molar-refractivity contribution >= 4 is 27.7 Å². The van der Waals surface area contributed by atoms with E-state index in [1.54, 1.807) is 12.1 Å². The van der Waals surface area contributed by atoms with Gasteiger partial charge in [-0.1, -0.05) is 0 Å². The van der Waals surface area contributed by atoms with Crippen LogP contribution in [0.2, 0.25) is 0 Å². The summed E-state index contributed by atoms with van der Waals surface area (Å²) >= 11 is 1.45. The molecule has 0 bridgehead atoms. The summed E-state index contributed by atoms with van der Waals surface area (Å²) in [6.07, 6.45) is 0.787. The molecule has 1 aliphatic heterocycles. The number of primary amides is 1. The van der Waals surface area contributed by atoms with Gasteiger partial charge < -0.3 is 10.5 Å². The van der Waals surface area contributed by atoms with Crippen LogP contribution in [0.4, 0.5) is 0 Å². The van der Waals surface area contributed by atoms with E-state index in [0.29, 0.717) is 12.3 Å². The van der Waals surface area contributed by atoms with Gasteiger partial charge in [0, 0.05) is 6.54 Å². The summed E-state index contributed by atoms with van der Waals surface area (Å²) in [5.74, 6) is 0.923. The largest absolute Gasteiger partial charge is 0.497 e. The highest BCUT2D eigenvalue weighted by Gasteiger charge is 2.34. The Balaban J connectivity index is 2.28. The molecule has 0 spiro atoms. The number of benzene rings is 1. The molecule has 116 valence electrons. The molecule has 6 nitrogen and oxygen atoms in total. The van der Waals surface area contributed by atoms with Crippen molar-refractivity contribution in [3.63, 3.8) is 0 Å². The first-order valence-corrected chi connectivity index (χ1v) is 9.00. The SMILES string of the molecule is COc1ccc(S(=O)(=O)N2CCCSC2CC(N)=O)cc1. The number of methoxy groups -OCH3 is 1. The Morgan fingerprint density at radius 2 is 2.10 bits per heavy atom. The normalized spacial score (nSPS) is 20.1. The Hall–Kier alpha value is -1.25. The summed E-state index contributed by atoms with van der Waals surface area (Å²) in [5, 5.41) is -0.427. The lowest BCUT2D eigenvalue weighted by Gasteiger charge is -2.33. The Morgan fingerprint density at radius 1 is 1.43 bits per heavy atom. The minimum Gasteiger partial charge on any atom is -0.497 e. The lowest BCUT2D eigenvalue weighted by Crippen LogP contribution is -2.44. The van der Waals surface area contributed by atoms with Crippen molar-refractivity contribution in [3.05, 3.63) is 24.3 Å². The quantitative estimate of drug-likeness (QED) is 0.871. The van der Waals surface area contributed by atoms with Gasteiger partial charge in [-0.25, -0.2) is 8.42 Å². The molecule has 1 fully saturated rings. The topological polar surface area (TPSA) is 89.7 Å². The number of carbonyl (C=O) groups is 1. The number of thioether (sulfide) groups is 1. The van der Waals surface area contributed by atoms with Gasteiger partial charge in [0.2, 0.25) is 15.9 Å². The van der Waals surface area contributed by atoms with E-state index in [9.17, 15) is 13.2 Å². The second-order valence-corrected chi connectivity index (χ2v) is 7.82. The molecule has 2 N–H and O–H groups in total. The molecule has 1 aromatic rings. The predicted octanol–water partition coefficient (Wildman–Crippen LogP) is 1.02. The smallest absolute Gasteiger partial charge is 0.244 e. The first-order valence-electron chi connectivity index (χ1n) is 6.51. The van der Waals surface area contributed by atoms with Crippen LogP contribution in [0.5, 0.6) is 5.75 Å². The number of nitrogens with two attached hydrogens (primary N) is 1. The van der Waals surface area contributed by atoms with Gasteiger partial charge in [-0.05, 0) is 36.4 Å². The number of sulfonamides is 1. The van der Waals surface area contributed by atoms with Crippen LogP contribution < -0.4 is 10.5 Å². The zero-order valence-corrected chi connectivity index (χ0v) is 13.3. The van der Waals surface area contributed by atoms with Crippen LogP contribution in [0.15, 0.2) is 29.2 Å². The van der Waals surface area contributed by atoms with Crippen molar-refractivity contribution in [2.24, 2.45) is 5.73 Å². The van der Waals surface area contributed by atoms with Crippen LogP contribution in [-0.4, -0.2) is 43.4 Å². The predicted molar refractivity (Wildman–Crippen MR) is 81.6 cm³/mol. The number of hydrogen-bond acceptors (Lipinski definition) is 5. The molecule has 0 radical (unpaired) electrons. The molecule has 8 heteroatoms. The second-order valence-electron chi connectivity index (χ2n) is 4.64. The average molecular weight is 330 g/mol. The summed E-state index contributed by atoms with van der Waals surface area (Å²) in [6.45, 7) is 0.402. The molecule has 1 amide bonds. The Bertz CT molecular complexity index is 601. The van der Waals surface area contributed by atoms with E-state index in [0.717, 1.165) is 12.2 Å². The number of nitrogens with zero attached hydrogens (tertiary/aromatic N) is 1. The Kier molecular flexibility index (Phi) is 5.13. The van der Waals surface area contributed by atoms with E-state index in [1.165, 1.54) is 35.3 Å². The van der Waals surface area contributed by atoms with E-state index in [1.807, 2.05) is 0 Å². The summed E-state index contributed by atoms with van der Waals surface area (Å²) in [4.78, 5) is 11.3. The van der Waals surface area contributed by atoms with E-state index >= 15 is 0 Å². The van der Waals surface area contributed by atoms with Crippen molar-refractivity contribution in [3.8, 4) is 5.75 Å². The molecular formula is C13H18N2O4S2. The standard InChI is InChI=1S/C13H18N2O4S2/c1-19-10-3-5-11(6-4-10)21(17,18)15-7-2-8-20-13(15)9-12(14)16/h3-6,13H,2,7-9H2,1H3,(H2,14,16). The summed E-state index contributed by atoms with van der Waals surface area (Å²) < 4.78 is 31.8. The van der Waals surface area contributed by atoms with Gasteiger partial charge >= 0.3 is 0 Å². The highest BCUT2D eigenvalue weighted by atomic mass is 32.2. The van der Waals surface area contributed by atoms with E-state index < -0.39 is 21.3 Å². The number of ether oxygens (including phenoxy) is 1. The zero-order chi connectivity index (χ0) is 15.5. The maximum atomic E-state index is 12.7. The molecule has 1 heterocycles. The van der Waals surface area contributed by atoms with Crippen molar-refractivity contribution in [2.75, 3.05) is 19.4 Å². The van der Waals surface area contributed by atoms with E-state index in [-0.39, 0.29) is 11.3 Å². The summed E-state index contributed by atoms with van der Waals surface area (Å²) in [6, 6.07) is 6.23. The van der Waals surface area contributed by atoms with Gasteiger partial charge in [0.25, 0.3) is 0 Å². The molecule has 0 aliphatic carbocycles. The van der Waals surface area contributed by atoms with Gasteiger partial charge in [0.05, 0.1) is 23.8 Å². The van der Waals surface area contributed by atoms with Crippen LogP contribution >= 0.6 is 11.8 Å². The minimum atomic E-state index is -3.63. The molecule has 21 heavy (non-hydrogen) atoms. The Labute approximate surface area is 128 Å². The number of amides is 1. The third-order valence-corrected chi connectivity index (χ3v) is 6.58. The lowest BCUT2D eigenvalue weighted by molar-refractivity contribution is -0.118. The van der Waals surface area contributed by atoms with Gasteiger partial charge in [0.15, 0.2) is 0 Å². The molecule has 0 saturated carbocycles. The van der Waals surface area contributed by atoms with Crippen LogP contribution in [0.3, 0.4) is 0 Å². The van der Waals surface area contributed by atoms with Crippen molar-refractivity contribution in [1.82, 2.24) is 4.31 Å². The van der Waals surface area contributed by atoms with Crippen LogP contribution in [0.25, 0.3) is 0 Å². The number of rotatable bonds is 5. The molecule has 1 aromatic carbocycles. The lowest BCUT2D eigenvalue weighted by atomic mass is 10.3. The van der Waals surface area contributed by atoms with Crippen molar-refractivity contribution in [2.45, 2.75) is 23.1 Å². The molecule has 1 aliphatic rings. The number of carbonyl (C=O) groups excluding carboxylic acids is 1. The zero-order valence-electron chi connectivity index (χ0n) is 11.7. The van der Waals surface area contributed by atoms with Gasteiger partial charge in [0.1, 0.15) is 5.75 Å². The van der Waals surface area contributed by atoms with Crippen molar-refractivity contribution < 1.29 is 17.9 Å². The summed E-state index contributed by atoms with van der Waals surface area (Å²) in [7, 11) is -2.11. The molecule has 0 aromatic heterocycles. The van der Waals surface area contributed by atoms with Crippen LogP contribution in [-0.2, 0) is 14.8 Å². The third kappa shape index (κ3) is 3.69. The van der Waals surface area contributed by atoms with Gasteiger partial charge in [-0.3, -0.25) is 4.79 Å². The first kappa shape index (κ1) is 16.1. The highest BCUT2D eigenvalue weighted by molar-refractivity contribution is 8.00. The van der Waals surface area contributed by atoms with Crippen molar-refractivity contribution in [1.29, 1.82) is 0 Å². The van der Waals surface area contributed by atoms with Crippen LogP contribution in [0, 0.1) is 0 Å². The fraction of sp³-hybridized carbons (Fsp3) is 0.462. The highest BCUT2D eigenvalue weighted by Crippen LogP contribution is 2.31. The monoisotopic (exact) mass is 330 g/mol. The second kappa shape index (κ2) is 6.67. The third-order valence-electron chi connectivity index (χ3n) is 3.20. The number of hydrogen-bond donors (Lipinski definition) is 1. The molecule has 2 rings (SSSR count).